The van der Waals surface area contributed by atoms with Crippen LogP contribution in [0.1, 0.15) is 66.6 Å². The first-order valence-corrected chi connectivity index (χ1v) is 14.6. The van der Waals surface area contributed by atoms with Crippen LogP contribution in [0, 0.1) is 12.7 Å². The maximum absolute atomic E-state index is 15.0. The maximum Gasteiger partial charge on any atom is 0.416 e. The molecule has 1 heterocycles. The Balaban J connectivity index is 1.93. The smallest absolute Gasteiger partial charge is 0.416 e. The van der Waals surface area contributed by atoms with Crippen molar-refractivity contribution in [2.75, 3.05) is 6.54 Å². The van der Waals surface area contributed by atoms with Crippen LogP contribution < -0.4 is 16.6 Å². The molecule has 0 aliphatic heterocycles. The van der Waals surface area contributed by atoms with Gasteiger partial charge in [-0.05, 0) is 54.6 Å². The van der Waals surface area contributed by atoms with E-state index in [1.165, 1.54) is 6.92 Å². The van der Waals surface area contributed by atoms with Gasteiger partial charge in [0.15, 0.2) is 0 Å². The minimum atomic E-state index is -4.88. The van der Waals surface area contributed by atoms with Crippen LogP contribution in [0.4, 0.5) is 17.6 Å². The molecule has 1 aromatic heterocycles. The van der Waals surface area contributed by atoms with Crippen LogP contribution >= 0.6 is 0 Å². The fraction of sp³-hybridized carbons (Fsp3) is 0.324. The number of nitrogens with zero attached hydrogens (tertiary/aromatic N) is 2. The molecule has 3 aromatic carbocycles. The first kappa shape index (κ1) is 33.4. The summed E-state index contributed by atoms with van der Waals surface area (Å²) in [6.07, 6.45) is -4.69. The number of carbonyl (C=O) groups is 1. The summed E-state index contributed by atoms with van der Waals surface area (Å²) >= 11 is 0. The van der Waals surface area contributed by atoms with Crippen molar-refractivity contribution >= 4 is 5.97 Å². The topological polar surface area (TPSA) is 93.3 Å². The molecule has 0 saturated carbocycles. The summed E-state index contributed by atoms with van der Waals surface area (Å²) in [7, 11) is 0. The van der Waals surface area contributed by atoms with Gasteiger partial charge in [-0.25, -0.2) is 9.18 Å². The summed E-state index contributed by atoms with van der Waals surface area (Å²) in [5, 5.41) is 12.3. The molecule has 11 heteroatoms. The number of hydrogen-bond donors (Lipinski definition) is 2. The molecule has 2 N–H and O–H groups in total. The van der Waals surface area contributed by atoms with E-state index in [0.29, 0.717) is 11.1 Å². The van der Waals surface area contributed by atoms with Crippen LogP contribution in [0.3, 0.4) is 0 Å². The summed E-state index contributed by atoms with van der Waals surface area (Å²) in [6, 6.07) is 18.1. The summed E-state index contributed by atoms with van der Waals surface area (Å²) in [4.78, 5) is 39.3. The van der Waals surface area contributed by atoms with Crippen molar-refractivity contribution in [1.29, 1.82) is 0 Å². The number of aliphatic carboxylic acids is 1. The van der Waals surface area contributed by atoms with Gasteiger partial charge in [0.05, 0.1) is 30.3 Å². The van der Waals surface area contributed by atoms with Gasteiger partial charge in [0.25, 0.3) is 5.56 Å². The molecule has 238 valence electrons. The second-order valence-corrected chi connectivity index (χ2v) is 11.2. The number of alkyl halides is 3. The highest BCUT2D eigenvalue weighted by molar-refractivity contribution is 5.67. The lowest BCUT2D eigenvalue weighted by molar-refractivity contribution is -0.138. The Kier molecular flexibility index (Phi) is 10.4. The number of hydrogen-bond acceptors (Lipinski definition) is 4. The van der Waals surface area contributed by atoms with Gasteiger partial charge in [0.1, 0.15) is 5.82 Å². The van der Waals surface area contributed by atoms with Gasteiger partial charge >= 0.3 is 17.8 Å². The lowest BCUT2D eigenvalue weighted by atomic mass is 9.97. The molecule has 7 nitrogen and oxygen atoms in total. The van der Waals surface area contributed by atoms with E-state index in [-0.39, 0.29) is 43.1 Å². The van der Waals surface area contributed by atoms with E-state index in [2.05, 4.69) is 5.32 Å². The highest BCUT2D eigenvalue weighted by atomic mass is 19.4. The third-order valence-corrected chi connectivity index (χ3v) is 7.80. The van der Waals surface area contributed by atoms with Gasteiger partial charge in [-0.2, -0.15) is 13.2 Å². The number of carboxylic acid groups (broad SMARTS) is 1. The normalized spacial score (nSPS) is 12.4. The Morgan fingerprint density at radius 2 is 1.60 bits per heavy atom. The number of nitrogens with one attached hydrogen (secondary N) is 1. The summed E-state index contributed by atoms with van der Waals surface area (Å²) in [6.45, 7) is 4.71. The second-order valence-electron chi connectivity index (χ2n) is 11.2. The molecule has 1 atom stereocenters. The molecular weight excluding hydrogens is 590 g/mol. The second kappa shape index (κ2) is 14.1. The Morgan fingerprint density at radius 3 is 2.24 bits per heavy atom. The van der Waals surface area contributed by atoms with Crippen molar-refractivity contribution < 1.29 is 27.5 Å². The fourth-order valence-electron chi connectivity index (χ4n) is 5.35. The van der Waals surface area contributed by atoms with E-state index in [9.17, 15) is 27.6 Å². The molecular formula is C34H35F4N3O4. The Bertz CT molecular complexity index is 1780. The van der Waals surface area contributed by atoms with E-state index in [1.807, 2.05) is 19.9 Å². The third-order valence-electron chi connectivity index (χ3n) is 7.80. The number of benzene rings is 3. The molecule has 45 heavy (non-hydrogen) atoms. The van der Waals surface area contributed by atoms with Crippen molar-refractivity contribution in [3.05, 3.63) is 127 Å². The molecule has 0 amide bonds. The van der Waals surface area contributed by atoms with Gasteiger partial charge < -0.3 is 10.4 Å². The first-order chi connectivity index (χ1) is 21.3. The minimum Gasteiger partial charge on any atom is -0.481 e. The van der Waals surface area contributed by atoms with Crippen LogP contribution in [-0.2, 0) is 24.1 Å². The zero-order chi connectivity index (χ0) is 32.9. The van der Waals surface area contributed by atoms with E-state index < -0.39 is 52.9 Å². The van der Waals surface area contributed by atoms with E-state index in [1.54, 1.807) is 48.5 Å². The average molecular weight is 626 g/mol. The third kappa shape index (κ3) is 7.78. The number of carboxylic acids is 1. The average Bonchev–Trinajstić information content (AvgIpc) is 2.99. The summed E-state index contributed by atoms with van der Waals surface area (Å²) in [5.74, 6) is -1.99. The standard InChI is InChI=1S/C34H35F4N3O4/c1-21(2)24-12-7-13-25(18-24)31-22(3)40(19-26-27(34(36,37)38)14-8-15-28(26)35)33(45)41(32(31)44)20-29(23-10-5-4-6-11-23)39-17-9-16-30(42)43/h4-8,10-15,18,21,29,39H,9,16-17,19-20H2,1-3H3,(H,42,43). The fourth-order valence-corrected chi connectivity index (χ4v) is 5.35. The number of aromatic nitrogens is 2. The molecule has 0 radical (unpaired) electrons. The SMILES string of the molecule is Cc1c(-c2cccc(C(C)C)c2)c(=O)n(CC(NCCCC(=O)O)c2ccccc2)c(=O)n1Cc1c(F)cccc1C(F)(F)F. The van der Waals surface area contributed by atoms with Crippen molar-refractivity contribution in [3.63, 3.8) is 0 Å². The summed E-state index contributed by atoms with van der Waals surface area (Å²) in [5.41, 5.74) is -1.16. The van der Waals surface area contributed by atoms with Gasteiger partial charge in [-0.1, -0.05) is 74.5 Å². The lowest BCUT2D eigenvalue weighted by Crippen LogP contribution is -2.45. The Hall–Kier alpha value is -4.51. The van der Waals surface area contributed by atoms with Gasteiger partial charge in [0.2, 0.25) is 0 Å². The van der Waals surface area contributed by atoms with Crippen LogP contribution in [0.25, 0.3) is 11.1 Å². The van der Waals surface area contributed by atoms with Crippen molar-refractivity contribution in [1.82, 2.24) is 14.5 Å². The molecule has 1 unspecified atom stereocenters. The molecule has 0 spiro atoms. The number of halogens is 4. The molecule has 0 bridgehead atoms. The predicted molar refractivity (Wildman–Crippen MR) is 164 cm³/mol. The lowest BCUT2D eigenvalue weighted by Gasteiger charge is -2.23. The molecule has 0 aliphatic carbocycles. The van der Waals surface area contributed by atoms with E-state index >= 15 is 4.39 Å². The largest absolute Gasteiger partial charge is 0.481 e. The minimum absolute atomic E-state index is 0.0910. The zero-order valence-corrected chi connectivity index (χ0v) is 25.2. The quantitative estimate of drug-likeness (QED) is 0.138. The molecule has 4 rings (SSSR count). The van der Waals surface area contributed by atoms with Crippen LogP contribution in [0.15, 0.2) is 82.4 Å². The zero-order valence-electron chi connectivity index (χ0n) is 25.2. The van der Waals surface area contributed by atoms with Crippen LogP contribution in [-0.4, -0.2) is 26.8 Å². The molecule has 0 aliphatic rings. The van der Waals surface area contributed by atoms with Gasteiger partial charge in [-0.15, -0.1) is 0 Å². The summed E-state index contributed by atoms with van der Waals surface area (Å²) < 4.78 is 58.8. The highest BCUT2D eigenvalue weighted by Gasteiger charge is 2.35. The van der Waals surface area contributed by atoms with Crippen molar-refractivity contribution in [2.45, 2.75) is 64.8 Å². The molecule has 4 aromatic rings. The van der Waals surface area contributed by atoms with E-state index in [0.717, 1.165) is 32.9 Å². The predicted octanol–water partition coefficient (Wildman–Crippen LogP) is 6.51. The van der Waals surface area contributed by atoms with Crippen molar-refractivity contribution in [3.8, 4) is 11.1 Å². The van der Waals surface area contributed by atoms with Crippen LogP contribution in [0.5, 0.6) is 0 Å². The molecule has 0 fully saturated rings. The molecule has 0 saturated heterocycles. The highest BCUT2D eigenvalue weighted by Crippen LogP contribution is 2.34. The van der Waals surface area contributed by atoms with Gasteiger partial charge in [-0.3, -0.25) is 18.7 Å². The Labute approximate surface area is 257 Å². The monoisotopic (exact) mass is 625 g/mol. The number of rotatable bonds is 12. The van der Waals surface area contributed by atoms with Crippen LogP contribution in [0.2, 0.25) is 0 Å². The van der Waals surface area contributed by atoms with Crippen molar-refractivity contribution in [2.24, 2.45) is 0 Å². The van der Waals surface area contributed by atoms with E-state index in [4.69, 9.17) is 5.11 Å². The van der Waals surface area contributed by atoms with Gasteiger partial charge in [0, 0.05) is 17.7 Å². The first-order valence-electron chi connectivity index (χ1n) is 14.6. The Morgan fingerprint density at radius 1 is 0.933 bits per heavy atom. The maximum atomic E-state index is 15.0.